The van der Waals surface area contributed by atoms with Gasteiger partial charge in [-0.3, -0.25) is 4.98 Å². The lowest BCUT2D eigenvalue weighted by Gasteiger charge is -2.36. The first-order chi connectivity index (χ1) is 21.8. The number of hydrogen-bond donors (Lipinski definition) is 3. The number of aliphatic hydroxyl groups is 1. The van der Waals surface area contributed by atoms with Crippen LogP contribution in [0.2, 0.25) is 5.02 Å². The van der Waals surface area contributed by atoms with E-state index in [0.29, 0.717) is 11.6 Å². The highest BCUT2D eigenvalue weighted by Crippen LogP contribution is 2.37. The van der Waals surface area contributed by atoms with E-state index in [2.05, 4.69) is 15.0 Å². The fourth-order valence-electron chi connectivity index (χ4n) is 4.37. The summed E-state index contributed by atoms with van der Waals surface area (Å²) in [4.78, 5) is 17.5. The monoisotopic (exact) mass is 695 g/mol. The second-order valence-electron chi connectivity index (χ2n) is 11.4. The minimum absolute atomic E-state index is 0.0546. The third-order valence-corrected chi connectivity index (χ3v) is 6.47. The second kappa shape index (κ2) is 15.5. The van der Waals surface area contributed by atoms with Gasteiger partial charge in [0.2, 0.25) is 0 Å². The average Bonchev–Trinajstić information content (AvgIpc) is 2.95. The lowest BCUT2D eigenvalue weighted by Crippen LogP contribution is -2.54. The largest absolute Gasteiger partial charge is 0.461 e. The zero-order valence-electron chi connectivity index (χ0n) is 25.4. The van der Waals surface area contributed by atoms with Crippen molar-refractivity contribution in [2.24, 2.45) is 0 Å². The Kier molecular flexibility index (Phi) is 12.5. The van der Waals surface area contributed by atoms with Gasteiger partial charge in [0.15, 0.2) is 6.29 Å². The molecule has 0 aliphatic rings. The molecule has 3 N–H and O–H groups in total. The maximum Gasteiger partial charge on any atom is 0.461 e. The normalized spacial score (nSPS) is 14.4. The molecule has 0 bridgehead atoms. The van der Waals surface area contributed by atoms with Crippen molar-refractivity contribution in [3.05, 3.63) is 94.5 Å². The molecule has 2 atom stereocenters. The summed E-state index contributed by atoms with van der Waals surface area (Å²) in [6.45, 7) is 1.84. The van der Waals surface area contributed by atoms with Crippen molar-refractivity contribution in [3.63, 3.8) is 0 Å². The Labute approximate surface area is 271 Å². The number of nitrogens with one attached hydrogen (secondary N) is 2. The third kappa shape index (κ3) is 11.5. The van der Waals surface area contributed by atoms with E-state index in [1.54, 1.807) is 51.1 Å². The Balaban J connectivity index is 1.97. The van der Waals surface area contributed by atoms with E-state index in [1.165, 1.54) is 18.3 Å². The van der Waals surface area contributed by atoms with E-state index in [-0.39, 0.29) is 22.7 Å². The van der Waals surface area contributed by atoms with Crippen LogP contribution in [0.5, 0.6) is 5.75 Å². The van der Waals surface area contributed by atoms with Gasteiger partial charge in [-0.25, -0.2) is 18.0 Å². The van der Waals surface area contributed by atoms with Crippen molar-refractivity contribution in [2.45, 2.75) is 63.1 Å². The van der Waals surface area contributed by atoms with Crippen molar-refractivity contribution in [1.82, 2.24) is 15.6 Å². The molecule has 0 spiro atoms. The van der Waals surface area contributed by atoms with Crippen LogP contribution in [0.1, 0.15) is 37.6 Å². The summed E-state index contributed by atoms with van der Waals surface area (Å²) in [6.07, 6.45) is -9.85. The molecule has 8 nitrogen and oxygen atoms in total. The van der Waals surface area contributed by atoms with E-state index in [1.807, 2.05) is 5.32 Å². The van der Waals surface area contributed by atoms with Crippen LogP contribution in [0.3, 0.4) is 0 Å². The van der Waals surface area contributed by atoms with Gasteiger partial charge in [0.05, 0.1) is 29.5 Å². The number of hydrogen-bond acceptors (Lipinski definition) is 6. The number of urea groups is 1. The minimum Gasteiger partial charge on any atom is -0.428 e. The third-order valence-electron chi connectivity index (χ3n) is 6.25. The number of carbonyl (C=O) groups excluding carboxylic acids is 1. The number of carbonyl (C=O) groups is 1. The van der Waals surface area contributed by atoms with Gasteiger partial charge in [0, 0.05) is 18.7 Å². The Bertz CT molecular complexity index is 1460. The SMILES string of the molecule is CC(C)(C)OC(O)COCC(F)(F)CNC(=O)N[C@@](Cc1ccccc1)(c1cc(F)cc(OC(F)(F)C(F)F)c1)c1ccc(Cl)cn1. The van der Waals surface area contributed by atoms with Crippen LogP contribution in [0.4, 0.5) is 35.5 Å². The van der Waals surface area contributed by atoms with Crippen LogP contribution in [0.25, 0.3) is 0 Å². The van der Waals surface area contributed by atoms with E-state index in [4.69, 9.17) is 21.1 Å². The molecule has 1 heterocycles. The molecule has 1 unspecified atom stereocenters. The van der Waals surface area contributed by atoms with Crippen molar-refractivity contribution in [3.8, 4) is 5.75 Å². The highest BCUT2D eigenvalue weighted by Gasteiger charge is 2.45. The van der Waals surface area contributed by atoms with Gasteiger partial charge in [0.25, 0.3) is 5.92 Å². The number of pyridine rings is 1. The number of aliphatic hydroxyl groups excluding tert-OH is 1. The Morgan fingerprint density at radius 3 is 2.30 bits per heavy atom. The summed E-state index contributed by atoms with van der Waals surface area (Å²) >= 11 is 6.00. The molecule has 0 aliphatic carbocycles. The highest BCUT2D eigenvalue weighted by atomic mass is 35.5. The average molecular weight is 696 g/mol. The number of alkyl halides is 6. The first-order valence-corrected chi connectivity index (χ1v) is 14.4. The van der Waals surface area contributed by atoms with Crippen LogP contribution in [-0.2, 0) is 21.4 Å². The molecule has 3 rings (SSSR count). The van der Waals surface area contributed by atoms with Gasteiger partial charge in [-0.1, -0.05) is 41.9 Å². The molecule has 0 saturated carbocycles. The Morgan fingerprint density at radius 1 is 1.02 bits per heavy atom. The second-order valence-corrected chi connectivity index (χ2v) is 11.9. The Morgan fingerprint density at radius 2 is 1.70 bits per heavy atom. The van der Waals surface area contributed by atoms with Gasteiger partial charge >= 0.3 is 18.6 Å². The van der Waals surface area contributed by atoms with Gasteiger partial charge in [-0.2, -0.15) is 17.6 Å². The van der Waals surface area contributed by atoms with Crippen LogP contribution < -0.4 is 15.4 Å². The molecule has 0 aliphatic heterocycles. The maximum atomic E-state index is 14.9. The number of halogens is 8. The molecule has 47 heavy (non-hydrogen) atoms. The summed E-state index contributed by atoms with van der Waals surface area (Å²) in [6, 6.07) is 11.6. The van der Waals surface area contributed by atoms with Crippen molar-refractivity contribution in [1.29, 1.82) is 0 Å². The number of aromatic nitrogens is 1. The first kappa shape index (κ1) is 37.8. The quantitative estimate of drug-likeness (QED) is 0.121. The van der Waals surface area contributed by atoms with Crippen molar-refractivity contribution >= 4 is 17.6 Å². The molecule has 3 aromatic rings. The van der Waals surface area contributed by atoms with E-state index < -0.39 is 73.2 Å². The number of nitrogens with zero attached hydrogens (tertiary/aromatic N) is 1. The maximum absolute atomic E-state index is 14.9. The Hall–Kier alpha value is -3.66. The topological polar surface area (TPSA) is 102 Å². The summed E-state index contributed by atoms with van der Waals surface area (Å²) in [5.74, 6) is -5.88. The minimum atomic E-state index is -5.00. The van der Waals surface area contributed by atoms with E-state index >= 15 is 0 Å². The predicted molar refractivity (Wildman–Crippen MR) is 157 cm³/mol. The lowest BCUT2D eigenvalue weighted by atomic mass is 9.80. The smallest absolute Gasteiger partial charge is 0.428 e. The predicted octanol–water partition coefficient (Wildman–Crippen LogP) is 6.68. The molecular weight excluding hydrogens is 663 g/mol. The van der Waals surface area contributed by atoms with Crippen molar-refractivity contribution in [2.75, 3.05) is 19.8 Å². The fourth-order valence-corrected chi connectivity index (χ4v) is 4.48. The van der Waals surface area contributed by atoms with Crippen LogP contribution in [0.15, 0.2) is 66.9 Å². The van der Waals surface area contributed by atoms with Crippen molar-refractivity contribution < 1.29 is 54.8 Å². The van der Waals surface area contributed by atoms with Crippen LogP contribution >= 0.6 is 11.6 Å². The molecule has 258 valence electrons. The van der Waals surface area contributed by atoms with E-state index in [0.717, 1.165) is 12.1 Å². The first-order valence-electron chi connectivity index (χ1n) is 14.0. The van der Waals surface area contributed by atoms with Gasteiger partial charge < -0.3 is 30.0 Å². The molecule has 2 aromatic carbocycles. The summed E-state index contributed by atoms with van der Waals surface area (Å²) < 4.78 is 112. The molecule has 1 aromatic heterocycles. The zero-order chi connectivity index (χ0) is 35.0. The molecule has 0 radical (unpaired) electrons. The number of amides is 2. The number of benzene rings is 2. The summed E-state index contributed by atoms with van der Waals surface area (Å²) in [7, 11) is 0. The standard InChI is InChI=1S/C31H33ClF7N3O5/c1-28(2,3)47-25(43)16-45-18-29(36,37)17-41-27(44)42-30(14-19-7-5-4-6-8-19,24-10-9-21(32)15-40-24)20-11-22(33)13-23(12-20)46-31(38,39)26(34)35/h4-13,15,25-26,43H,14,16-18H2,1-3H3,(H2,41,42,44)/t25?,30-/m0/s1. The zero-order valence-corrected chi connectivity index (χ0v) is 26.1. The molecule has 16 heteroatoms. The van der Waals surface area contributed by atoms with Gasteiger partial charge in [-0.15, -0.1) is 0 Å². The number of rotatable bonds is 15. The molecule has 0 saturated heterocycles. The molecular formula is C31H33ClF7N3O5. The summed E-state index contributed by atoms with van der Waals surface area (Å²) in [5.41, 5.74) is -2.66. The molecule has 2 amide bonds. The molecule has 0 fully saturated rings. The highest BCUT2D eigenvalue weighted by molar-refractivity contribution is 6.30. The fraction of sp³-hybridized carbons (Fsp3) is 0.419. The lowest BCUT2D eigenvalue weighted by molar-refractivity contribution is -0.253. The number of ether oxygens (including phenoxy) is 3. The summed E-state index contributed by atoms with van der Waals surface area (Å²) in [5, 5.41) is 14.5. The van der Waals surface area contributed by atoms with Crippen LogP contribution in [0, 0.1) is 5.82 Å². The van der Waals surface area contributed by atoms with Gasteiger partial charge in [-0.05, 0) is 56.2 Å². The van der Waals surface area contributed by atoms with Crippen LogP contribution in [-0.4, -0.2) is 66.2 Å². The van der Waals surface area contributed by atoms with Gasteiger partial charge in [0.1, 0.15) is 23.7 Å². The van der Waals surface area contributed by atoms with E-state index in [9.17, 15) is 40.6 Å².